The smallest absolute Gasteiger partial charge is 0.253 e. The summed E-state index contributed by atoms with van der Waals surface area (Å²) < 4.78 is 5.53. The lowest BCUT2D eigenvalue weighted by Crippen LogP contribution is -2.33. The number of nitrogens with one attached hydrogen (secondary N) is 2. The number of para-hydroxylation sites is 1. The van der Waals surface area contributed by atoms with Crippen LogP contribution in [0.15, 0.2) is 24.3 Å². The maximum absolute atomic E-state index is 12.7. The first-order valence-electron chi connectivity index (χ1n) is 10.2. The topological polar surface area (TPSA) is 87.7 Å². The zero-order chi connectivity index (χ0) is 19.9. The number of hydrogen-bond donors (Lipinski definition) is 2. The van der Waals surface area contributed by atoms with Crippen LogP contribution in [0.25, 0.3) is 0 Å². The largest absolute Gasteiger partial charge is 0.376 e. The summed E-state index contributed by atoms with van der Waals surface area (Å²) in [6, 6.07) is 6.94. The van der Waals surface area contributed by atoms with Gasteiger partial charge in [-0.3, -0.25) is 14.4 Å². The number of carbonyl (C=O) groups excluding carboxylic acids is 3. The lowest BCUT2D eigenvalue weighted by molar-refractivity contribution is -0.128. The van der Waals surface area contributed by atoms with E-state index >= 15 is 0 Å². The predicted octanol–water partition coefficient (Wildman–Crippen LogP) is 2.18. The first-order valence-corrected chi connectivity index (χ1v) is 10.2. The van der Waals surface area contributed by atoms with Crippen molar-refractivity contribution >= 4 is 23.4 Å². The second-order valence-corrected chi connectivity index (χ2v) is 7.47. The zero-order valence-electron chi connectivity index (χ0n) is 16.4. The third kappa shape index (κ3) is 5.10. The second-order valence-electron chi connectivity index (χ2n) is 7.47. The van der Waals surface area contributed by atoms with E-state index in [0.29, 0.717) is 30.9 Å². The maximum atomic E-state index is 12.7. The Hall–Kier alpha value is -2.41. The molecule has 0 spiro atoms. The summed E-state index contributed by atoms with van der Waals surface area (Å²) in [4.78, 5) is 39.1. The number of unbranched alkanes of at least 4 members (excludes halogenated alkanes) is 1. The lowest BCUT2D eigenvalue weighted by Gasteiger charge is -2.17. The number of likely N-dealkylation sites (tertiary alicyclic amines) is 1. The summed E-state index contributed by atoms with van der Waals surface area (Å²) in [5.74, 6) is -0.811. The molecule has 0 aliphatic carbocycles. The normalized spacial score (nSPS) is 21.8. The van der Waals surface area contributed by atoms with E-state index in [1.54, 1.807) is 29.2 Å². The molecule has 2 aliphatic rings. The van der Waals surface area contributed by atoms with Crippen LogP contribution < -0.4 is 10.6 Å². The molecule has 7 heteroatoms. The van der Waals surface area contributed by atoms with Gasteiger partial charge in [-0.15, -0.1) is 0 Å². The molecule has 0 saturated carbocycles. The molecule has 2 aliphatic heterocycles. The van der Waals surface area contributed by atoms with E-state index in [2.05, 4.69) is 17.6 Å². The minimum absolute atomic E-state index is 0.0243. The Kier molecular flexibility index (Phi) is 7.03. The molecule has 2 N–H and O–H groups in total. The van der Waals surface area contributed by atoms with Gasteiger partial charge in [0, 0.05) is 32.7 Å². The summed E-state index contributed by atoms with van der Waals surface area (Å²) >= 11 is 0. The lowest BCUT2D eigenvalue weighted by atomic mass is 10.1. The minimum atomic E-state index is -0.382. The van der Waals surface area contributed by atoms with E-state index in [1.165, 1.54) is 0 Å². The van der Waals surface area contributed by atoms with Crippen molar-refractivity contribution in [1.29, 1.82) is 0 Å². The second kappa shape index (κ2) is 9.68. The van der Waals surface area contributed by atoms with Gasteiger partial charge in [-0.1, -0.05) is 25.5 Å². The Balaban J connectivity index is 1.58. The van der Waals surface area contributed by atoms with Gasteiger partial charge in [0.2, 0.25) is 11.8 Å². The molecule has 7 nitrogen and oxygen atoms in total. The van der Waals surface area contributed by atoms with Crippen molar-refractivity contribution in [2.75, 3.05) is 31.6 Å². The maximum Gasteiger partial charge on any atom is 0.253 e. The number of rotatable bonds is 8. The summed E-state index contributed by atoms with van der Waals surface area (Å²) in [5.41, 5.74) is 0.887. The number of anilines is 1. The van der Waals surface area contributed by atoms with E-state index in [-0.39, 0.29) is 36.2 Å². The van der Waals surface area contributed by atoms with Crippen LogP contribution in [0.2, 0.25) is 0 Å². The molecule has 2 fully saturated rings. The minimum Gasteiger partial charge on any atom is -0.376 e. The first-order chi connectivity index (χ1) is 13.6. The van der Waals surface area contributed by atoms with Crippen molar-refractivity contribution in [2.24, 2.45) is 5.92 Å². The molecular formula is C21H29N3O4. The molecule has 0 radical (unpaired) electrons. The van der Waals surface area contributed by atoms with Gasteiger partial charge in [-0.25, -0.2) is 0 Å². The third-order valence-electron chi connectivity index (χ3n) is 5.31. The molecule has 1 aromatic rings. The molecule has 28 heavy (non-hydrogen) atoms. The number of nitrogens with zero attached hydrogens (tertiary/aromatic N) is 1. The van der Waals surface area contributed by atoms with Crippen LogP contribution in [0.4, 0.5) is 5.69 Å². The highest BCUT2D eigenvalue weighted by molar-refractivity contribution is 6.05. The molecule has 2 heterocycles. The number of benzene rings is 1. The standard InChI is InChI=1S/C21H29N3O4/c1-2-3-10-24-14-15(12-19(24)25)20(26)23-18-9-5-4-8-17(18)21(27)22-13-16-7-6-11-28-16/h4-5,8-9,15-16H,2-3,6-7,10-14H2,1H3,(H,22,27)(H,23,26)/t15-,16+/m0/s1. The van der Waals surface area contributed by atoms with Crippen molar-refractivity contribution in [3.8, 4) is 0 Å². The van der Waals surface area contributed by atoms with Gasteiger partial charge in [0.15, 0.2) is 0 Å². The van der Waals surface area contributed by atoms with Gasteiger partial charge < -0.3 is 20.3 Å². The predicted molar refractivity (Wildman–Crippen MR) is 106 cm³/mol. The fourth-order valence-electron chi connectivity index (χ4n) is 3.64. The van der Waals surface area contributed by atoms with Crippen LogP contribution in [0.5, 0.6) is 0 Å². The number of hydrogen-bond acceptors (Lipinski definition) is 4. The Morgan fingerprint density at radius 1 is 1.29 bits per heavy atom. The van der Waals surface area contributed by atoms with Gasteiger partial charge in [0.25, 0.3) is 5.91 Å². The molecule has 152 valence electrons. The van der Waals surface area contributed by atoms with E-state index < -0.39 is 0 Å². The Labute approximate surface area is 165 Å². The average Bonchev–Trinajstić information content (AvgIpc) is 3.34. The van der Waals surface area contributed by atoms with Crippen molar-refractivity contribution in [1.82, 2.24) is 10.2 Å². The van der Waals surface area contributed by atoms with Crippen LogP contribution in [0.3, 0.4) is 0 Å². The fourth-order valence-corrected chi connectivity index (χ4v) is 3.64. The summed E-state index contributed by atoms with van der Waals surface area (Å²) in [5, 5.41) is 5.73. The van der Waals surface area contributed by atoms with Gasteiger partial charge in [0.1, 0.15) is 0 Å². The van der Waals surface area contributed by atoms with Gasteiger partial charge in [-0.05, 0) is 31.4 Å². The highest BCUT2D eigenvalue weighted by Crippen LogP contribution is 2.22. The van der Waals surface area contributed by atoms with E-state index in [9.17, 15) is 14.4 Å². The molecule has 2 atom stereocenters. The average molecular weight is 387 g/mol. The number of amides is 3. The Bertz CT molecular complexity index is 715. The molecule has 0 unspecified atom stereocenters. The SMILES string of the molecule is CCCCN1C[C@@H](C(=O)Nc2ccccc2C(=O)NC[C@H]2CCCO2)CC1=O. The highest BCUT2D eigenvalue weighted by Gasteiger charge is 2.34. The monoisotopic (exact) mass is 387 g/mol. The van der Waals surface area contributed by atoms with Crippen LogP contribution in [0.1, 0.15) is 49.4 Å². The van der Waals surface area contributed by atoms with Crippen molar-refractivity contribution in [3.05, 3.63) is 29.8 Å². The van der Waals surface area contributed by atoms with Crippen LogP contribution in [-0.4, -0.2) is 55.0 Å². The first kappa shape index (κ1) is 20.3. The van der Waals surface area contributed by atoms with Crippen LogP contribution >= 0.6 is 0 Å². The van der Waals surface area contributed by atoms with Gasteiger partial charge in [0.05, 0.1) is 23.3 Å². The molecule has 3 rings (SSSR count). The highest BCUT2D eigenvalue weighted by atomic mass is 16.5. The summed E-state index contributed by atoms with van der Waals surface area (Å²) in [6.45, 7) is 4.41. The molecule has 0 bridgehead atoms. The number of carbonyl (C=O) groups is 3. The van der Waals surface area contributed by atoms with Crippen molar-refractivity contribution in [2.45, 2.75) is 45.1 Å². The molecule has 3 amide bonds. The van der Waals surface area contributed by atoms with E-state index in [1.807, 2.05) is 0 Å². The summed E-state index contributed by atoms with van der Waals surface area (Å²) in [6.07, 6.45) is 4.20. The molecule has 2 saturated heterocycles. The zero-order valence-corrected chi connectivity index (χ0v) is 16.4. The van der Waals surface area contributed by atoms with Gasteiger partial charge in [-0.2, -0.15) is 0 Å². The summed E-state index contributed by atoms with van der Waals surface area (Å²) in [7, 11) is 0. The van der Waals surface area contributed by atoms with Crippen molar-refractivity contribution in [3.63, 3.8) is 0 Å². The van der Waals surface area contributed by atoms with E-state index in [4.69, 9.17) is 4.74 Å². The quantitative estimate of drug-likeness (QED) is 0.716. The third-order valence-corrected chi connectivity index (χ3v) is 5.31. The Morgan fingerprint density at radius 3 is 2.86 bits per heavy atom. The van der Waals surface area contributed by atoms with Crippen molar-refractivity contribution < 1.29 is 19.1 Å². The van der Waals surface area contributed by atoms with E-state index in [0.717, 1.165) is 32.3 Å². The van der Waals surface area contributed by atoms with Crippen LogP contribution in [-0.2, 0) is 14.3 Å². The Morgan fingerprint density at radius 2 is 2.11 bits per heavy atom. The van der Waals surface area contributed by atoms with Crippen LogP contribution in [0, 0.1) is 5.92 Å². The number of ether oxygens (including phenoxy) is 1. The van der Waals surface area contributed by atoms with Gasteiger partial charge >= 0.3 is 0 Å². The fraction of sp³-hybridized carbons (Fsp3) is 0.571. The molecule has 1 aromatic carbocycles. The molecule has 0 aromatic heterocycles. The molecular weight excluding hydrogens is 358 g/mol.